The standard InChI is InChI=1S/C27H22N2O4/c1-19-7-2-5-12-25(19)32-18-26(30)29-28-17-20-13-15-22(16-14-20)33-27(31)24-11-6-9-21-8-3-4-10-23(21)24/h2-17H,18H2,1H3,(H,29,30)/b28-17-. The molecule has 4 rings (SSSR count). The van der Waals surface area contributed by atoms with E-state index in [1.165, 1.54) is 6.21 Å². The first-order valence-electron chi connectivity index (χ1n) is 10.4. The highest BCUT2D eigenvalue weighted by Gasteiger charge is 2.12. The minimum Gasteiger partial charge on any atom is -0.483 e. The van der Waals surface area contributed by atoms with Crippen LogP contribution in [0.3, 0.4) is 0 Å². The maximum absolute atomic E-state index is 12.6. The van der Waals surface area contributed by atoms with Crippen LogP contribution < -0.4 is 14.9 Å². The topological polar surface area (TPSA) is 77.0 Å². The SMILES string of the molecule is Cc1ccccc1OCC(=O)N/N=C\c1ccc(OC(=O)c2cccc3ccccc23)cc1. The molecule has 0 aliphatic heterocycles. The number of aryl methyl sites for hydroxylation is 1. The smallest absolute Gasteiger partial charge is 0.344 e. The van der Waals surface area contributed by atoms with Gasteiger partial charge in [-0.3, -0.25) is 4.79 Å². The quantitative estimate of drug-likeness (QED) is 0.193. The molecule has 0 unspecified atom stereocenters. The number of nitrogens with zero attached hydrogens (tertiary/aromatic N) is 1. The van der Waals surface area contributed by atoms with E-state index in [1.54, 1.807) is 36.4 Å². The van der Waals surface area contributed by atoms with Gasteiger partial charge in [0.05, 0.1) is 11.8 Å². The van der Waals surface area contributed by atoms with E-state index in [9.17, 15) is 9.59 Å². The third kappa shape index (κ3) is 5.62. The summed E-state index contributed by atoms with van der Waals surface area (Å²) in [5, 5.41) is 5.76. The normalized spacial score (nSPS) is 10.8. The summed E-state index contributed by atoms with van der Waals surface area (Å²) in [5.41, 5.74) is 4.62. The number of benzene rings is 4. The lowest BCUT2D eigenvalue weighted by molar-refractivity contribution is -0.123. The summed E-state index contributed by atoms with van der Waals surface area (Å²) in [6.07, 6.45) is 1.50. The number of carbonyl (C=O) groups excluding carboxylic acids is 2. The first-order chi connectivity index (χ1) is 16.1. The largest absolute Gasteiger partial charge is 0.483 e. The minimum atomic E-state index is -0.422. The Hall–Kier alpha value is -4.45. The molecule has 0 aliphatic rings. The Morgan fingerprint density at radius 1 is 0.879 bits per heavy atom. The lowest BCUT2D eigenvalue weighted by Gasteiger charge is -2.08. The van der Waals surface area contributed by atoms with Crippen LogP contribution in [0.4, 0.5) is 0 Å². The molecule has 0 saturated carbocycles. The van der Waals surface area contributed by atoms with E-state index >= 15 is 0 Å². The van der Waals surface area contributed by atoms with Crippen molar-refractivity contribution in [2.75, 3.05) is 6.61 Å². The van der Waals surface area contributed by atoms with E-state index in [4.69, 9.17) is 9.47 Å². The number of hydrogen-bond acceptors (Lipinski definition) is 5. The highest BCUT2D eigenvalue weighted by atomic mass is 16.5. The average molecular weight is 438 g/mol. The number of esters is 1. The van der Waals surface area contributed by atoms with Gasteiger partial charge in [-0.2, -0.15) is 5.10 Å². The number of fused-ring (bicyclic) bond motifs is 1. The summed E-state index contributed by atoms with van der Waals surface area (Å²) in [4.78, 5) is 24.6. The fourth-order valence-corrected chi connectivity index (χ4v) is 3.26. The van der Waals surface area contributed by atoms with Gasteiger partial charge in [0.1, 0.15) is 11.5 Å². The van der Waals surface area contributed by atoms with Gasteiger partial charge in [0.2, 0.25) is 0 Å². The number of nitrogens with one attached hydrogen (secondary N) is 1. The van der Waals surface area contributed by atoms with Gasteiger partial charge in [0, 0.05) is 0 Å². The summed E-state index contributed by atoms with van der Waals surface area (Å²) in [7, 11) is 0. The summed E-state index contributed by atoms with van der Waals surface area (Å²) < 4.78 is 11.0. The van der Waals surface area contributed by atoms with Crippen LogP contribution in [0.2, 0.25) is 0 Å². The zero-order valence-electron chi connectivity index (χ0n) is 18.0. The van der Waals surface area contributed by atoms with Gasteiger partial charge < -0.3 is 9.47 Å². The zero-order valence-corrected chi connectivity index (χ0v) is 18.0. The van der Waals surface area contributed by atoms with Crippen LogP contribution in [0.15, 0.2) is 96.1 Å². The lowest BCUT2D eigenvalue weighted by atomic mass is 10.0. The predicted molar refractivity (Wildman–Crippen MR) is 128 cm³/mol. The summed E-state index contributed by atoms with van der Waals surface area (Å²) in [6.45, 7) is 1.78. The van der Waals surface area contributed by atoms with E-state index in [0.29, 0.717) is 17.1 Å². The zero-order chi connectivity index (χ0) is 23.0. The van der Waals surface area contributed by atoms with Crippen molar-refractivity contribution in [3.05, 3.63) is 108 Å². The van der Waals surface area contributed by atoms with Crippen molar-refractivity contribution in [2.24, 2.45) is 5.10 Å². The maximum Gasteiger partial charge on any atom is 0.344 e. The Morgan fingerprint density at radius 3 is 2.42 bits per heavy atom. The Bertz CT molecular complexity index is 1310. The minimum absolute atomic E-state index is 0.134. The Kier molecular flexibility index (Phi) is 6.75. The molecule has 6 nitrogen and oxygen atoms in total. The molecular formula is C27H22N2O4. The predicted octanol–water partition coefficient (Wildman–Crippen LogP) is 4.90. The molecule has 0 aromatic heterocycles. The van der Waals surface area contributed by atoms with E-state index < -0.39 is 5.97 Å². The number of rotatable bonds is 7. The Labute approximate surface area is 191 Å². The molecule has 0 aliphatic carbocycles. The molecule has 4 aromatic carbocycles. The van der Waals surface area contributed by atoms with Crippen LogP contribution >= 0.6 is 0 Å². The average Bonchev–Trinajstić information content (AvgIpc) is 2.84. The Morgan fingerprint density at radius 2 is 1.61 bits per heavy atom. The van der Waals surface area contributed by atoms with Crippen molar-refractivity contribution < 1.29 is 19.1 Å². The van der Waals surface area contributed by atoms with Crippen LogP contribution in [0.25, 0.3) is 10.8 Å². The molecule has 0 radical (unpaired) electrons. The molecule has 0 spiro atoms. The third-order valence-corrected chi connectivity index (χ3v) is 4.96. The molecule has 0 saturated heterocycles. The lowest BCUT2D eigenvalue weighted by Crippen LogP contribution is -2.24. The van der Waals surface area contributed by atoms with Gasteiger partial charge in [0.15, 0.2) is 6.61 Å². The molecule has 0 atom stereocenters. The number of amides is 1. The summed E-state index contributed by atoms with van der Waals surface area (Å²) >= 11 is 0. The van der Waals surface area contributed by atoms with Gasteiger partial charge >= 0.3 is 5.97 Å². The Balaban J connectivity index is 1.30. The second-order valence-corrected chi connectivity index (χ2v) is 7.33. The fourth-order valence-electron chi connectivity index (χ4n) is 3.26. The van der Waals surface area contributed by atoms with Gasteiger partial charge in [0.25, 0.3) is 5.91 Å². The number of hydrogen-bond donors (Lipinski definition) is 1. The van der Waals surface area contributed by atoms with Crippen LogP contribution in [0.5, 0.6) is 11.5 Å². The molecule has 6 heteroatoms. The highest BCUT2D eigenvalue weighted by Crippen LogP contribution is 2.21. The molecule has 0 bridgehead atoms. The first kappa shape index (κ1) is 21.8. The highest BCUT2D eigenvalue weighted by molar-refractivity contribution is 6.05. The molecule has 4 aromatic rings. The van der Waals surface area contributed by atoms with Crippen molar-refractivity contribution in [1.82, 2.24) is 5.43 Å². The fraction of sp³-hybridized carbons (Fsp3) is 0.0741. The monoisotopic (exact) mass is 438 g/mol. The van der Waals surface area contributed by atoms with Crippen LogP contribution in [0, 0.1) is 6.92 Å². The number of carbonyl (C=O) groups is 2. The summed E-state index contributed by atoms with van der Waals surface area (Å²) in [6, 6.07) is 27.5. The van der Waals surface area contributed by atoms with E-state index in [2.05, 4.69) is 10.5 Å². The number of ether oxygens (including phenoxy) is 2. The maximum atomic E-state index is 12.6. The van der Waals surface area contributed by atoms with Crippen molar-refractivity contribution in [1.29, 1.82) is 0 Å². The van der Waals surface area contributed by atoms with Gasteiger partial charge in [-0.1, -0.05) is 54.6 Å². The second kappa shape index (κ2) is 10.2. The third-order valence-electron chi connectivity index (χ3n) is 4.96. The molecule has 0 heterocycles. The number of hydrazone groups is 1. The van der Waals surface area contributed by atoms with E-state index in [0.717, 1.165) is 21.9 Å². The van der Waals surface area contributed by atoms with Crippen LogP contribution in [-0.4, -0.2) is 24.7 Å². The van der Waals surface area contributed by atoms with E-state index in [-0.39, 0.29) is 12.5 Å². The van der Waals surface area contributed by atoms with Gasteiger partial charge in [-0.25, -0.2) is 10.2 Å². The first-order valence-corrected chi connectivity index (χ1v) is 10.4. The molecule has 164 valence electrons. The molecule has 1 N–H and O–H groups in total. The van der Waals surface area contributed by atoms with Gasteiger partial charge in [-0.15, -0.1) is 0 Å². The second-order valence-electron chi connectivity index (χ2n) is 7.33. The molecule has 0 fully saturated rings. The molecular weight excluding hydrogens is 416 g/mol. The van der Waals surface area contributed by atoms with Crippen molar-refractivity contribution in [2.45, 2.75) is 6.92 Å². The van der Waals surface area contributed by atoms with E-state index in [1.807, 2.05) is 61.5 Å². The molecule has 1 amide bonds. The van der Waals surface area contributed by atoms with Gasteiger partial charge in [-0.05, 0) is 65.2 Å². The van der Waals surface area contributed by atoms with Crippen molar-refractivity contribution in [3.8, 4) is 11.5 Å². The van der Waals surface area contributed by atoms with Crippen molar-refractivity contribution >= 4 is 28.9 Å². The summed E-state index contributed by atoms with van der Waals surface area (Å²) in [5.74, 6) is 0.287. The van der Waals surface area contributed by atoms with Crippen LogP contribution in [0.1, 0.15) is 21.5 Å². The molecule has 33 heavy (non-hydrogen) atoms. The van der Waals surface area contributed by atoms with Crippen molar-refractivity contribution in [3.63, 3.8) is 0 Å². The number of para-hydroxylation sites is 1. The van der Waals surface area contributed by atoms with Crippen LogP contribution in [-0.2, 0) is 4.79 Å².